The lowest BCUT2D eigenvalue weighted by Crippen LogP contribution is -1.87. The summed E-state index contributed by atoms with van der Waals surface area (Å²) in [5, 5.41) is 17.4. The molecule has 0 saturated heterocycles. The zero-order chi connectivity index (χ0) is 11.3. The van der Waals surface area contributed by atoms with Crippen LogP contribution in [0.25, 0.3) is 6.08 Å². The minimum Gasteiger partial charge on any atom is -0.504 e. The fourth-order valence-corrected chi connectivity index (χ4v) is 1.08. The van der Waals surface area contributed by atoms with Gasteiger partial charge in [-0.05, 0) is 17.7 Å². The van der Waals surface area contributed by atoms with Gasteiger partial charge in [0.25, 0.3) is 0 Å². The summed E-state index contributed by atoms with van der Waals surface area (Å²) >= 11 is 0. The van der Waals surface area contributed by atoms with Crippen LogP contribution >= 0.6 is 0 Å². The molecule has 0 radical (unpaired) electrons. The van der Waals surface area contributed by atoms with Crippen LogP contribution in [0.4, 0.5) is 4.39 Å². The van der Waals surface area contributed by atoms with Crippen LogP contribution in [-0.2, 0) is 0 Å². The number of phenols is 1. The van der Waals surface area contributed by atoms with E-state index in [1.54, 1.807) is 6.08 Å². The van der Waals surface area contributed by atoms with Gasteiger partial charge < -0.3 is 5.11 Å². The van der Waals surface area contributed by atoms with Gasteiger partial charge in [-0.15, -0.1) is 0 Å². The monoisotopic (exact) mass is 205 g/mol. The lowest BCUT2D eigenvalue weighted by Gasteiger charge is -2.00. The first kappa shape index (κ1) is 10.9. The summed E-state index contributed by atoms with van der Waals surface area (Å²) < 4.78 is 13.0. The van der Waals surface area contributed by atoms with E-state index in [1.165, 1.54) is 12.1 Å². The second-order valence-electron chi connectivity index (χ2n) is 2.82. The average molecular weight is 205 g/mol. The van der Waals surface area contributed by atoms with Crippen molar-refractivity contribution in [1.82, 2.24) is 0 Å². The number of halogens is 1. The molecule has 4 heteroatoms. The van der Waals surface area contributed by atoms with Gasteiger partial charge in [-0.1, -0.05) is 12.2 Å². The molecule has 1 rings (SSSR count). The van der Waals surface area contributed by atoms with Crippen LogP contribution in [0.1, 0.15) is 22.3 Å². The van der Waals surface area contributed by atoms with Gasteiger partial charge in [0.15, 0.2) is 17.9 Å². The van der Waals surface area contributed by atoms with Crippen molar-refractivity contribution in [2.24, 2.45) is 0 Å². The Balaban J connectivity index is 3.07. The number of rotatable bonds is 3. The van der Waals surface area contributed by atoms with Crippen LogP contribution in [-0.4, -0.2) is 11.4 Å². The van der Waals surface area contributed by atoms with Crippen molar-refractivity contribution in [3.63, 3.8) is 0 Å². The van der Waals surface area contributed by atoms with E-state index in [0.29, 0.717) is 11.8 Å². The number of aromatic hydroxyl groups is 1. The molecule has 0 fully saturated rings. The van der Waals surface area contributed by atoms with Gasteiger partial charge in [0.05, 0.1) is 18.1 Å². The molecule has 3 nitrogen and oxygen atoms in total. The molecule has 0 spiro atoms. The van der Waals surface area contributed by atoms with E-state index >= 15 is 0 Å². The van der Waals surface area contributed by atoms with Gasteiger partial charge in [-0.25, -0.2) is 4.39 Å². The minimum absolute atomic E-state index is 0.105. The molecule has 1 aromatic carbocycles. The normalized spacial score (nSPS) is 10.1. The number of phenolic OH excluding ortho intramolecular Hbond substituents is 1. The maximum absolute atomic E-state index is 13.0. The SMILES string of the molecule is N#CCC=Cc1cc(F)c(O)c(C=O)c1. The quantitative estimate of drug-likeness (QED) is 0.770. The molecule has 0 aliphatic carbocycles. The highest BCUT2D eigenvalue weighted by molar-refractivity contribution is 5.80. The Morgan fingerprint density at radius 3 is 2.87 bits per heavy atom. The van der Waals surface area contributed by atoms with Gasteiger partial charge in [-0.2, -0.15) is 5.26 Å². The fourth-order valence-electron chi connectivity index (χ4n) is 1.08. The van der Waals surface area contributed by atoms with Crippen LogP contribution in [0.2, 0.25) is 0 Å². The smallest absolute Gasteiger partial charge is 0.166 e. The number of nitriles is 1. The molecule has 0 bridgehead atoms. The fraction of sp³-hybridized carbons (Fsp3) is 0.0909. The second-order valence-corrected chi connectivity index (χ2v) is 2.82. The molecule has 0 atom stereocenters. The Kier molecular flexibility index (Phi) is 3.58. The molecule has 0 aromatic heterocycles. The molecule has 1 N–H and O–H groups in total. The topological polar surface area (TPSA) is 61.1 Å². The number of hydrogen-bond donors (Lipinski definition) is 1. The van der Waals surface area contributed by atoms with E-state index in [0.717, 1.165) is 6.07 Å². The Morgan fingerprint density at radius 1 is 1.53 bits per heavy atom. The third kappa shape index (κ3) is 2.64. The molecule has 0 heterocycles. The summed E-state index contributed by atoms with van der Waals surface area (Å²) in [4.78, 5) is 10.5. The molecule has 0 amide bonds. The van der Waals surface area contributed by atoms with Gasteiger partial charge in [-0.3, -0.25) is 4.79 Å². The molecule has 76 valence electrons. The summed E-state index contributed by atoms with van der Waals surface area (Å²) in [5.41, 5.74) is 0.328. The van der Waals surface area contributed by atoms with E-state index in [-0.39, 0.29) is 12.0 Å². The molecular weight excluding hydrogens is 197 g/mol. The van der Waals surface area contributed by atoms with Crippen LogP contribution in [0.3, 0.4) is 0 Å². The minimum atomic E-state index is -0.851. The third-order valence-corrected chi connectivity index (χ3v) is 1.76. The second kappa shape index (κ2) is 4.91. The van der Waals surface area contributed by atoms with Gasteiger partial charge in [0.1, 0.15) is 0 Å². The van der Waals surface area contributed by atoms with Crippen molar-refractivity contribution < 1.29 is 14.3 Å². The number of hydrogen-bond acceptors (Lipinski definition) is 3. The van der Waals surface area contributed by atoms with Crippen LogP contribution in [0, 0.1) is 17.1 Å². The summed E-state index contributed by atoms with van der Waals surface area (Å²) in [6, 6.07) is 4.33. The lowest BCUT2D eigenvalue weighted by molar-refractivity contribution is 0.112. The highest BCUT2D eigenvalue weighted by atomic mass is 19.1. The first-order chi connectivity index (χ1) is 7.19. The van der Waals surface area contributed by atoms with Crippen LogP contribution in [0.15, 0.2) is 18.2 Å². The molecule has 0 saturated carbocycles. The average Bonchev–Trinajstić information content (AvgIpc) is 2.23. The van der Waals surface area contributed by atoms with Crippen molar-refractivity contribution in [2.45, 2.75) is 6.42 Å². The van der Waals surface area contributed by atoms with Crippen molar-refractivity contribution in [2.75, 3.05) is 0 Å². The number of allylic oxidation sites excluding steroid dienone is 1. The lowest BCUT2D eigenvalue weighted by atomic mass is 10.1. The standard InChI is InChI=1S/C11H8FNO2/c12-10-6-8(3-1-2-4-13)5-9(7-14)11(10)15/h1,3,5-7,15H,2H2. The van der Waals surface area contributed by atoms with Crippen LogP contribution < -0.4 is 0 Å². The Hall–Kier alpha value is -2.15. The maximum atomic E-state index is 13.0. The van der Waals surface area contributed by atoms with Gasteiger partial charge >= 0.3 is 0 Å². The first-order valence-corrected chi connectivity index (χ1v) is 4.20. The highest BCUT2D eigenvalue weighted by Gasteiger charge is 2.07. The highest BCUT2D eigenvalue weighted by Crippen LogP contribution is 2.22. The maximum Gasteiger partial charge on any atom is 0.166 e. The van der Waals surface area contributed by atoms with Crippen molar-refractivity contribution in [1.29, 1.82) is 5.26 Å². The number of nitrogens with zero attached hydrogens (tertiary/aromatic N) is 1. The van der Waals surface area contributed by atoms with E-state index in [4.69, 9.17) is 10.4 Å². The Labute approximate surface area is 86.1 Å². The summed E-state index contributed by atoms with van der Waals surface area (Å²) in [7, 11) is 0. The summed E-state index contributed by atoms with van der Waals surface area (Å²) in [6.07, 6.45) is 3.64. The molecule has 0 aliphatic heterocycles. The molecule has 15 heavy (non-hydrogen) atoms. The molecule has 1 aromatic rings. The van der Waals surface area contributed by atoms with E-state index < -0.39 is 11.6 Å². The Morgan fingerprint density at radius 2 is 2.27 bits per heavy atom. The number of carbonyl (C=O) groups is 1. The zero-order valence-electron chi connectivity index (χ0n) is 7.77. The molecule has 0 aliphatic rings. The van der Waals surface area contributed by atoms with Crippen molar-refractivity contribution in [3.05, 3.63) is 35.2 Å². The van der Waals surface area contributed by atoms with Crippen LogP contribution in [0.5, 0.6) is 5.75 Å². The van der Waals surface area contributed by atoms with Gasteiger partial charge in [0.2, 0.25) is 0 Å². The first-order valence-electron chi connectivity index (χ1n) is 4.20. The number of benzene rings is 1. The summed E-state index contributed by atoms with van der Waals surface area (Å²) in [5.74, 6) is -1.50. The van der Waals surface area contributed by atoms with Crippen molar-refractivity contribution in [3.8, 4) is 11.8 Å². The largest absolute Gasteiger partial charge is 0.504 e. The van der Waals surface area contributed by atoms with Crippen molar-refractivity contribution >= 4 is 12.4 Å². The number of aldehydes is 1. The van der Waals surface area contributed by atoms with E-state index in [9.17, 15) is 9.18 Å². The molecular formula is C11H8FNO2. The predicted octanol–water partition coefficient (Wildman–Crippen LogP) is 2.27. The van der Waals surface area contributed by atoms with E-state index in [2.05, 4.69) is 0 Å². The predicted molar refractivity (Wildman–Crippen MR) is 52.7 cm³/mol. The Bertz CT molecular complexity index is 447. The number of carbonyl (C=O) groups excluding carboxylic acids is 1. The third-order valence-electron chi connectivity index (χ3n) is 1.76. The summed E-state index contributed by atoms with van der Waals surface area (Å²) in [6.45, 7) is 0. The van der Waals surface area contributed by atoms with E-state index in [1.807, 2.05) is 6.07 Å². The zero-order valence-corrected chi connectivity index (χ0v) is 7.77. The van der Waals surface area contributed by atoms with Gasteiger partial charge in [0, 0.05) is 0 Å². The molecule has 0 unspecified atom stereocenters.